The monoisotopic (exact) mass is 467 g/mol. The summed E-state index contributed by atoms with van der Waals surface area (Å²) in [4.78, 5) is 24.7. The zero-order valence-corrected chi connectivity index (χ0v) is 21.0. The molecule has 1 aliphatic heterocycles. The number of aromatic amines is 1. The fourth-order valence-corrected chi connectivity index (χ4v) is 5.24. The fourth-order valence-electron chi connectivity index (χ4n) is 5.24. The van der Waals surface area contributed by atoms with Gasteiger partial charge in [-0.15, -0.1) is 0 Å². The molecular weight excluding hydrogens is 434 g/mol. The molecule has 2 aromatic heterocycles. The van der Waals surface area contributed by atoms with Crippen LogP contribution in [0.3, 0.4) is 0 Å². The number of rotatable bonds is 4. The normalized spacial score (nSPS) is 14.9. The van der Waals surface area contributed by atoms with Crippen LogP contribution in [-0.4, -0.2) is 54.0 Å². The number of nitrogens with one attached hydrogen (secondary N) is 1. The summed E-state index contributed by atoms with van der Waals surface area (Å²) < 4.78 is 0. The highest BCUT2D eigenvalue weighted by molar-refractivity contribution is 5.99. The van der Waals surface area contributed by atoms with E-state index in [-0.39, 0.29) is 0 Å². The molecule has 1 amide bonds. The van der Waals surface area contributed by atoms with Gasteiger partial charge < -0.3 is 20.5 Å². The molecule has 3 N–H and O–H groups in total. The predicted molar refractivity (Wildman–Crippen MR) is 144 cm³/mol. The summed E-state index contributed by atoms with van der Waals surface area (Å²) in [7, 11) is 2.20. The van der Waals surface area contributed by atoms with E-state index >= 15 is 0 Å². The van der Waals surface area contributed by atoms with Crippen LogP contribution in [0.2, 0.25) is 0 Å². The molecule has 0 atom stereocenters. The Hall–Kier alpha value is -3.64. The van der Waals surface area contributed by atoms with Gasteiger partial charge in [0.25, 0.3) is 0 Å². The lowest BCUT2D eigenvalue weighted by atomic mass is 9.93. The van der Waals surface area contributed by atoms with Crippen LogP contribution in [0, 0.1) is 20.8 Å². The summed E-state index contributed by atoms with van der Waals surface area (Å²) in [5.74, 6) is -0.397. The van der Waals surface area contributed by atoms with Crippen molar-refractivity contribution >= 4 is 22.6 Å². The second kappa shape index (κ2) is 9.19. The van der Waals surface area contributed by atoms with Crippen molar-refractivity contribution in [2.24, 2.45) is 5.73 Å². The number of hydrogen-bond acceptors (Lipinski definition) is 4. The first-order valence-electron chi connectivity index (χ1n) is 12.3. The number of carbonyl (C=O) groups excluding carboxylic acids is 1. The van der Waals surface area contributed by atoms with Crippen molar-refractivity contribution in [3.8, 4) is 22.3 Å². The Kier molecular flexibility index (Phi) is 6.07. The highest BCUT2D eigenvalue weighted by Gasteiger charge is 2.17. The first-order chi connectivity index (χ1) is 16.8. The summed E-state index contributed by atoms with van der Waals surface area (Å²) in [6, 6.07) is 12.8. The largest absolute Gasteiger partial charge is 0.370 e. The van der Waals surface area contributed by atoms with Crippen LogP contribution in [0.15, 0.2) is 48.8 Å². The van der Waals surface area contributed by atoms with Crippen LogP contribution in [-0.2, 0) is 0 Å². The van der Waals surface area contributed by atoms with Gasteiger partial charge in [-0.25, -0.2) is 4.98 Å². The smallest absolute Gasteiger partial charge is 0.248 e. The van der Waals surface area contributed by atoms with Crippen LogP contribution in [0.1, 0.15) is 33.5 Å². The highest BCUT2D eigenvalue weighted by atomic mass is 16.1. The number of aryl methyl sites for hydroxylation is 1. The quantitative estimate of drug-likeness (QED) is 0.440. The van der Waals surface area contributed by atoms with Gasteiger partial charge in [0.2, 0.25) is 5.91 Å². The predicted octanol–water partition coefficient (Wildman–Crippen LogP) is 5.06. The van der Waals surface area contributed by atoms with Gasteiger partial charge in [-0.05, 0) is 92.9 Å². The summed E-state index contributed by atoms with van der Waals surface area (Å²) in [6.45, 7) is 10.6. The van der Waals surface area contributed by atoms with Crippen molar-refractivity contribution in [1.82, 2.24) is 14.9 Å². The lowest BCUT2D eigenvalue weighted by molar-refractivity contribution is 0.0999. The van der Waals surface area contributed by atoms with Gasteiger partial charge in [-0.1, -0.05) is 12.1 Å². The van der Waals surface area contributed by atoms with Gasteiger partial charge in [-0.3, -0.25) is 4.79 Å². The highest BCUT2D eigenvalue weighted by Crippen LogP contribution is 2.35. The molecule has 1 saturated heterocycles. The molecule has 0 unspecified atom stereocenters. The first kappa shape index (κ1) is 23.1. The van der Waals surface area contributed by atoms with Crippen molar-refractivity contribution in [3.05, 3.63) is 71.0 Å². The molecule has 1 aliphatic rings. The molecule has 0 saturated carbocycles. The molecule has 5 rings (SSSR count). The molecule has 180 valence electrons. The molecule has 3 heterocycles. The van der Waals surface area contributed by atoms with Gasteiger partial charge in [0.1, 0.15) is 5.65 Å². The maximum absolute atomic E-state index is 11.8. The van der Waals surface area contributed by atoms with Gasteiger partial charge in [0, 0.05) is 59.8 Å². The van der Waals surface area contributed by atoms with Crippen molar-refractivity contribution < 1.29 is 4.79 Å². The number of aromatic nitrogens is 2. The van der Waals surface area contributed by atoms with Crippen LogP contribution in [0.4, 0.5) is 5.69 Å². The number of amides is 1. The molecule has 35 heavy (non-hydrogen) atoms. The van der Waals surface area contributed by atoms with Gasteiger partial charge >= 0.3 is 0 Å². The van der Waals surface area contributed by atoms with Gasteiger partial charge in [0.05, 0.1) is 0 Å². The third-order valence-electron chi connectivity index (χ3n) is 7.46. The zero-order chi connectivity index (χ0) is 24.7. The van der Waals surface area contributed by atoms with Gasteiger partial charge in [0.15, 0.2) is 0 Å². The molecule has 6 nitrogen and oxygen atoms in total. The Morgan fingerprint density at radius 1 is 0.943 bits per heavy atom. The van der Waals surface area contributed by atoms with Crippen LogP contribution in [0.5, 0.6) is 0 Å². The number of benzene rings is 2. The van der Waals surface area contributed by atoms with E-state index in [9.17, 15) is 4.79 Å². The van der Waals surface area contributed by atoms with E-state index in [4.69, 9.17) is 10.7 Å². The third kappa shape index (κ3) is 4.30. The summed E-state index contributed by atoms with van der Waals surface area (Å²) in [5.41, 5.74) is 16.0. The summed E-state index contributed by atoms with van der Waals surface area (Å²) in [6.07, 6.45) is 5.12. The summed E-state index contributed by atoms with van der Waals surface area (Å²) in [5, 5.41) is 1.06. The zero-order valence-electron chi connectivity index (χ0n) is 21.0. The van der Waals surface area contributed by atoms with E-state index in [1.807, 2.05) is 38.4 Å². The van der Waals surface area contributed by atoms with E-state index in [0.717, 1.165) is 70.6 Å². The van der Waals surface area contributed by atoms with Crippen LogP contribution >= 0.6 is 0 Å². The Labute approximate surface area is 206 Å². The minimum atomic E-state index is -0.397. The Morgan fingerprint density at radius 2 is 1.77 bits per heavy atom. The van der Waals surface area contributed by atoms with E-state index in [1.54, 1.807) is 0 Å². The number of fused-ring (bicyclic) bond motifs is 1. The third-order valence-corrected chi connectivity index (χ3v) is 7.46. The minimum Gasteiger partial charge on any atom is -0.370 e. The number of H-pyrrole nitrogens is 1. The Morgan fingerprint density at radius 3 is 2.54 bits per heavy atom. The van der Waals surface area contributed by atoms with Crippen molar-refractivity contribution in [3.63, 3.8) is 0 Å². The van der Waals surface area contributed by atoms with Crippen molar-refractivity contribution in [1.29, 1.82) is 0 Å². The molecule has 1 fully saturated rings. The number of hydrogen-bond donors (Lipinski definition) is 2. The second-order valence-electron chi connectivity index (χ2n) is 9.74. The minimum absolute atomic E-state index is 0.397. The molecular formula is C29H33N5O. The van der Waals surface area contributed by atoms with E-state index in [2.05, 4.69) is 53.0 Å². The SMILES string of the molecule is Cc1cc(-c2cnc3[nH]cc(-c4ccc(C(N)=O)c(C)c4C)c3c2)ccc1N1CCCN(C)CC1. The Bertz CT molecular complexity index is 1420. The molecule has 6 heteroatoms. The molecule has 4 aromatic rings. The molecule has 2 aromatic carbocycles. The number of primary amides is 1. The van der Waals surface area contributed by atoms with Crippen molar-refractivity contribution in [2.75, 3.05) is 38.1 Å². The maximum Gasteiger partial charge on any atom is 0.248 e. The average Bonchev–Trinajstić information content (AvgIpc) is 3.13. The Balaban J connectivity index is 1.51. The van der Waals surface area contributed by atoms with E-state index in [0.29, 0.717) is 5.56 Å². The topological polar surface area (TPSA) is 78.2 Å². The second-order valence-corrected chi connectivity index (χ2v) is 9.74. The number of anilines is 1. The number of carbonyl (C=O) groups is 1. The number of pyridine rings is 1. The van der Waals surface area contributed by atoms with Crippen molar-refractivity contribution in [2.45, 2.75) is 27.2 Å². The maximum atomic E-state index is 11.8. The van der Waals surface area contributed by atoms with Crippen LogP contribution < -0.4 is 10.6 Å². The molecule has 0 aliphatic carbocycles. The van der Waals surface area contributed by atoms with E-state index < -0.39 is 5.91 Å². The fraction of sp³-hybridized carbons (Fsp3) is 0.310. The molecule has 0 spiro atoms. The van der Waals surface area contributed by atoms with Crippen LogP contribution in [0.25, 0.3) is 33.3 Å². The molecule has 0 radical (unpaired) electrons. The first-order valence-corrected chi connectivity index (χ1v) is 12.3. The lowest BCUT2D eigenvalue weighted by Gasteiger charge is -2.25. The van der Waals surface area contributed by atoms with E-state index in [1.165, 1.54) is 17.7 Å². The average molecular weight is 468 g/mol. The number of likely N-dealkylation sites (N-methyl/N-ethyl adjacent to an activating group) is 1. The standard InChI is InChI=1S/C29H33N5O/c1-18-14-21(6-9-27(18)34-11-5-10-33(4)12-13-34)22-15-25-26(17-32-29(25)31-16-22)23-7-8-24(28(30)35)20(3)19(23)2/h6-9,14-17H,5,10-13H2,1-4H3,(H2,30,35)(H,31,32). The lowest BCUT2D eigenvalue weighted by Crippen LogP contribution is -2.29. The summed E-state index contributed by atoms with van der Waals surface area (Å²) >= 11 is 0. The molecule has 0 bridgehead atoms. The number of nitrogens with two attached hydrogens (primary N) is 1. The number of nitrogens with zero attached hydrogens (tertiary/aromatic N) is 3. The van der Waals surface area contributed by atoms with Gasteiger partial charge in [-0.2, -0.15) is 0 Å².